The van der Waals surface area contributed by atoms with Crippen molar-refractivity contribution in [3.05, 3.63) is 0 Å². The molecule has 1 aliphatic heterocycles. The van der Waals surface area contributed by atoms with Crippen molar-refractivity contribution in [3.63, 3.8) is 0 Å². The molecular weight excluding hydrogens is 238 g/mol. The van der Waals surface area contributed by atoms with Gasteiger partial charge in [-0.2, -0.15) is 0 Å². The molecule has 0 aromatic heterocycles. The van der Waals surface area contributed by atoms with Crippen molar-refractivity contribution in [3.8, 4) is 0 Å². The number of carboxylic acid groups (broad SMARTS) is 1. The van der Waals surface area contributed by atoms with Crippen LogP contribution in [0.15, 0.2) is 0 Å². The summed E-state index contributed by atoms with van der Waals surface area (Å²) in [6.07, 6.45) is -0.613. The number of carboxylic acids is 1. The van der Waals surface area contributed by atoms with Crippen LogP contribution in [0.25, 0.3) is 0 Å². The van der Waals surface area contributed by atoms with E-state index < -0.39 is 12.1 Å². The van der Waals surface area contributed by atoms with Crippen molar-refractivity contribution in [2.45, 2.75) is 26.4 Å². The number of morpholine rings is 1. The van der Waals surface area contributed by atoms with Gasteiger partial charge < -0.3 is 19.5 Å². The van der Waals surface area contributed by atoms with Gasteiger partial charge in [0.2, 0.25) is 5.91 Å². The zero-order chi connectivity index (χ0) is 13.5. The Morgan fingerprint density at radius 1 is 1.50 bits per heavy atom. The maximum Gasteiger partial charge on any atom is 0.334 e. The highest BCUT2D eigenvalue weighted by atomic mass is 16.5. The lowest BCUT2D eigenvalue weighted by Gasteiger charge is -2.30. The summed E-state index contributed by atoms with van der Waals surface area (Å²) < 4.78 is 10.4. The molecule has 0 saturated carbocycles. The maximum atomic E-state index is 11.8. The quantitative estimate of drug-likeness (QED) is 0.697. The molecule has 0 aromatic rings. The Morgan fingerprint density at radius 3 is 2.83 bits per heavy atom. The number of rotatable bonds is 6. The highest BCUT2D eigenvalue weighted by Gasteiger charge is 2.28. The average Bonchev–Trinajstić information content (AvgIpc) is 2.34. The maximum absolute atomic E-state index is 11.8. The lowest BCUT2D eigenvalue weighted by Crippen LogP contribution is -2.48. The van der Waals surface area contributed by atoms with Gasteiger partial charge in [0.25, 0.3) is 0 Å². The summed E-state index contributed by atoms with van der Waals surface area (Å²) in [6.45, 7) is 5.95. The van der Waals surface area contributed by atoms with Crippen molar-refractivity contribution >= 4 is 11.9 Å². The van der Waals surface area contributed by atoms with E-state index in [0.29, 0.717) is 32.1 Å². The summed E-state index contributed by atoms with van der Waals surface area (Å²) in [6, 6.07) is 0. The summed E-state index contributed by atoms with van der Waals surface area (Å²) in [5.41, 5.74) is 0. The van der Waals surface area contributed by atoms with Crippen LogP contribution in [0.5, 0.6) is 0 Å². The van der Waals surface area contributed by atoms with Gasteiger partial charge in [-0.3, -0.25) is 4.79 Å². The molecule has 104 valence electrons. The first-order valence-electron chi connectivity index (χ1n) is 6.20. The van der Waals surface area contributed by atoms with E-state index in [4.69, 9.17) is 14.6 Å². The Labute approximate surface area is 107 Å². The minimum Gasteiger partial charge on any atom is -0.479 e. The van der Waals surface area contributed by atoms with Gasteiger partial charge in [0.15, 0.2) is 6.10 Å². The molecule has 1 atom stereocenters. The normalized spacial score (nSPS) is 20.2. The molecule has 1 rings (SSSR count). The van der Waals surface area contributed by atoms with Gasteiger partial charge >= 0.3 is 5.97 Å². The smallest absolute Gasteiger partial charge is 0.334 e. The number of aliphatic carboxylic acids is 1. The van der Waals surface area contributed by atoms with Gasteiger partial charge in [0.1, 0.15) is 0 Å². The van der Waals surface area contributed by atoms with Crippen LogP contribution in [-0.4, -0.2) is 60.9 Å². The van der Waals surface area contributed by atoms with Gasteiger partial charge in [-0.05, 0) is 5.92 Å². The average molecular weight is 259 g/mol. The number of hydrogen-bond donors (Lipinski definition) is 1. The van der Waals surface area contributed by atoms with E-state index >= 15 is 0 Å². The summed E-state index contributed by atoms with van der Waals surface area (Å²) in [7, 11) is 0. The van der Waals surface area contributed by atoms with E-state index in [0.717, 1.165) is 0 Å². The van der Waals surface area contributed by atoms with Gasteiger partial charge in [-0.25, -0.2) is 4.79 Å². The van der Waals surface area contributed by atoms with Gasteiger partial charge in [0.05, 0.1) is 26.2 Å². The molecular formula is C12H21NO5. The standard InChI is InChI=1S/C12H21NO5/c1-9(2)8-17-5-3-11(14)13-4-6-18-10(7-13)12(15)16/h9-10H,3-8H2,1-2H3,(H,15,16)/t10-/m0/s1. The monoisotopic (exact) mass is 259 g/mol. The molecule has 1 amide bonds. The van der Waals surface area contributed by atoms with Crippen LogP contribution in [0, 0.1) is 5.92 Å². The van der Waals surface area contributed by atoms with Gasteiger partial charge in [-0.15, -0.1) is 0 Å². The highest BCUT2D eigenvalue weighted by Crippen LogP contribution is 2.07. The molecule has 0 radical (unpaired) electrons. The van der Waals surface area contributed by atoms with Crippen molar-refractivity contribution in [2.75, 3.05) is 32.9 Å². The largest absolute Gasteiger partial charge is 0.479 e. The lowest BCUT2D eigenvalue weighted by atomic mass is 10.2. The molecule has 0 aliphatic carbocycles. The Hall–Kier alpha value is -1.14. The zero-order valence-corrected chi connectivity index (χ0v) is 10.9. The van der Waals surface area contributed by atoms with E-state index in [1.165, 1.54) is 4.90 Å². The molecule has 1 heterocycles. The van der Waals surface area contributed by atoms with Crippen molar-refractivity contribution < 1.29 is 24.2 Å². The molecule has 1 saturated heterocycles. The molecule has 1 N–H and O–H groups in total. The first-order chi connectivity index (χ1) is 8.50. The van der Waals surface area contributed by atoms with E-state index in [9.17, 15) is 9.59 Å². The number of ether oxygens (including phenoxy) is 2. The molecule has 6 heteroatoms. The summed E-state index contributed by atoms with van der Waals surface area (Å²) in [5, 5.41) is 8.83. The summed E-state index contributed by atoms with van der Waals surface area (Å²) in [5.74, 6) is -0.656. The molecule has 1 aliphatic rings. The molecule has 0 aromatic carbocycles. The van der Waals surface area contributed by atoms with Crippen LogP contribution >= 0.6 is 0 Å². The molecule has 0 unspecified atom stereocenters. The first-order valence-corrected chi connectivity index (χ1v) is 6.20. The molecule has 0 spiro atoms. The minimum absolute atomic E-state index is 0.0756. The Morgan fingerprint density at radius 2 is 2.22 bits per heavy atom. The zero-order valence-electron chi connectivity index (χ0n) is 10.9. The van der Waals surface area contributed by atoms with E-state index in [2.05, 4.69) is 0 Å². The SMILES string of the molecule is CC(C)COCCC(=O)N1CCO[C@H](C(=O)O)C1. The fourth-order valence-corrected chi connectivity index (χ4v) is 1.66. The fraction of sp³-hybridized carbons (Fsp3) is 0.833. The van der Waals surface area contributed by atoms with Crippen LogP contribution in [0.2, 0.25) is 0 Å². The number of carbonyl (C=O) groups excluding carboxylic acids is 1. The molecule has 6 nitrogen and oxygen atoms in total. The summed E-state index contributed by atoms with van der Waals surface area (Å²) >= 11 is 0. The number of hydrogen-bond acceptors (Lipinski definition) is 4. The minimum atomic E-state index is -1.02. The van der Waals surface area contributed by atoms with E-state index in [1.807, 2.05) is 13.8 Å². The third-order valence-electron chi connectivity index (χ3n) is 2.61. The number of amides is 1. The second-order valence-corrected chi connectivity index (χ2v) is 4.76. The van der Waals surface area contributed by atoms with Crippen molar-refractivity contribution in [1.82, 2.24) is 4.90 Å². The second kappa shape index (κ2) is 7.33. The highest BCUT2D eigenvalue weighted by molar-refractivity contribution is 5.78. The van der Waals surface area contributed by atoms with Crippen LogP contribution in [-0.2, 0) is 19.1 Å². The van der Waals surface area contributed by atoms with Crippen LogP contribution < -0.4 is 0 Å². The predicted octanol–water partition coefficient (Wildman–Crippen LogP) is 0.361. The summed E-state index contributed by atoms with van der Waals surface area (Å²) in [4.78, 5) is 24.1. The van der Waals surface area contributed by atoms with Crippen LogP contribution in [0.3, 0.4) is 0 Å². The van der Waals surface area contributed by atoms with Gasteiger partial charge in [0, 0.05) is 13.2 Å². The van der Waals surface area contributed by atoms with Gasteiger partial charge in [-0.1, -0.05) is 13.8 Å². The molecule has 18 heavy (non-hydrogen) atoms. The van der Waals surface area contributed by atoms with Crippen LogP contribution in [0.1, 0.15) is 20.3 Å². The predicted molar refractivity (Wildman–Crippen MR) is 64.2 cm³/mol. The molecule has 1 fully saturated rings. The first kappa shape index (κ1) is 14.9. The fourth-order valence-electron chi connectivity index (χ4n) is 1.66. The topological polar surface area (TPSA) is 76.1 Å². The van der Waals surface area contributed by atoms with Crippen molar-refractivity contribution in [1.29, 1.82) is 0 Å². The van der Waals surface area contributed by atoms with Crippen LogP contribution in [0.4, 0.5) is 0 Å². The third kappa shape index (κ3) is 5.01. The van der Waals surface area contributed by atoms with Crippen molar-refractivity contribution in [2.24, 2.45) is 5.92 Å². The van der Waals surface area contributed by atoms with E-state index in [1.54, 1.807) is 0 Å². The molecule has 0 bridgehead atoms. The Balaban J connectivity index is 2.26. The van der Waals surface area contributed by atoms with E-state index in [-0.39, 0.29) is 19.1 Å². The number of carbonyl (C=O) groups is 2. The Kier molecular flexibility index (Phi) is 6.07. The Bertz CT molecular complexity index is 292. The third-order valence-corrected chi connectivity index (χ3v) is 2.61. The number of nitrogens with zero attached hydrogens (tertiary/aromatic N) is 1. The second-order valence-electron chi connectivity index (χ2n) is 4.76. The lowest BCUT2D eigenvalue weighted by molar-refractivity contribution is -0.159.